The molecule has 0 fully saturated rings. The van der Waals surface area contributed by atoms with Crippen molar-refractivity contribution in [2.24, 2.45) is 0 Å². The smallest absolute Gasteiger partial charge is 0.382 e. The molecule has 0 spiro atoms. The van der Waals surface area contributed by atoms with Crippen molar-refractivity contribution in [1.29, 1.82) is 0 Å². The highest BCUT2D eigenvalue weighted by Gasteiger charge is 2.33. The summed E-state index contributed by atoms with van der Waals surface area (Å²) in [7, 11) is 0. The first-order chi connectivity index (χ1) is 9.29. The fraction of sp³-hybridized carbons (Fsp3) is 0.250. The Morgan fingerprint density at radius 1 is 1.20 bits per heavy atom. The van der Waals surface area contributed by atoms with Crippen molar-refractivity contribution in [2.45, 2.75) is 19.2 Å². The third-order valence-corrected chi connectivity index (χ3v) is 2.85. The van der Waals surface area contributed by atoms with Crippen molar-refractivity contribution < 1.29 is 18.3 Å². The minimum atomic E-state index is -4.59. The number of pyridine rings is 1. The van der Waals surface area contributed by atoms with Gasteiger partial charge in [0, 0.05) is 11.8 Å². The Morgan fingerprint density at radius 2 is 1.90 bits per heavy atom. The number of nitrogens with zero attached hydrogens (tertiary/aromatic N) is 3. The van der Waals surface area contributed by atoms with E-state index >= 15 is 0 Å². The second-order valence-corrected chi connectivity index (χ2v) is 4.42. The van der Waals surface area contributed by atoms with Crippen LogP contribution in [0, 0.1) is 6.92 Å². The van der Waals surface area contributed by atoms with E-state index in [1.165, 1.54) is 12.4 Å². The molecular weight excluding hydrogens is 295 g/mol. The van der Waals surface area contributed by atoms with Gasteiger partial charge in [-0.25, -0.2) is 4.98 Å². The first-order valence-electron chi connectivity index (χ1n) is 5.49. The van der Waals surface area contributed by atoms with E-state index in [-0.39, 0.29) is 11.3 Å². The van der Waals surface area contributed by atoms with Gasteiger partial charge in [0.25, 0.3) is 0 Å². The summed E-state index contributed by atoms with van der Waals surface area (Å²) in [6.45, 7) is 1.72. The number of hydrogen-bond acceptors (Lipinski definition) is 4. The number of aryl methyl sites for hydroxylation is 1. The summed E-state index contributed by atoms with van der Waals surface area (Å²) in [6, 6.07) is 1.83. The van der Waals surface area contributed by atoms with Gasteiger partial charge >= 0.3 is 6.18 Å². The van der Waals surface area contributed by atoms with Crippen LogP contribution in [0.1, 0.15) is 28.7 Å². The third-order valence-electron chi connectivity index (χ3n) is 2.54. The standard InChI is InChI=1S/C12H9ClF3N3O/c1-6-4-18-8(5-17-6)10(20)7-2-3-9(12(14,15)16)19-11(7)13/h2-5,10,20H,1H3. The highest BCUT2D eigenvalue weighted by atomic mass is 35.5. The number of aliphatic hydroxyl groups excluding tert-OH is 1. The second kappa shape index (κ2) is 5.34. The molecular formula is C12H9ClF3N3O. The van der Waals surface area contributed by atoms with E-state index in [0.29, 0.717) is 5.69 Å². The van der Waals surface area contributed by atoms with Crippen LogP contribution in [0.5, 0.6) is 0 Å². The maximum Gasteiger partial charge on any atom is 0.433 e. The molecule has 0 aliphatic heterocycles. The van der Waals surface area contributed by atoms with Gasteiger partial charge in [-0.1, -0.05) is 17.7 Å². The van der Waals surface area contributed by atoms with Crippen LogP contribution in [0.4, 0.5) is 13.2 Å². The molecule has 0 aliphatic carbocycles. The van der Waals surface area contributed by atoms with Gasteiger partial charge in [-0.15, -0.1) is 0 Å². The Bertz CT molecular complexity index is 616. The monoisotopic (exact) mass is 303 g/mol. The van der Waals surface area contributed by atoms with E-state index in [9.17, 15) is 18.3 Å². The number of hydrogen-bond donors (Lipinski definition) is 1. The van der Waals surface area contributed by atoms with Crippen molar-refractivity contribution in [3.05, 3.63) is 52.3 Å². The molecule has 2 rings (SSSR count). The Kier molecular flexibility index (Phi) is 3.92. The number of aliphatic hydroxyl groups is 1. The summed E-state index contributed by atoms with van der Waals surface area (Å²) in [6.07, 6.45) is -3.11. The number of alkyl halides is 3. The lowest BCUT2D eigenvalue weighted by Gasteiger charge is -2.13. The van der Waals surface area contributed by atoms with Gasteiger partial charge in [0.2, 0.25) is 0 Å². The van der Waals surface area contributed by atoms with E-state index < -0.39 is 23.1 Å². The molecule has 0 aromatic carbocycles. The predicted molar refractivity (Wildman–Crippen MR) is 65.1 cm³/mol. The predicted octanol–water partition coefficient (Wildman–Crippen LogP) is 2.93. The average molecular weight is 304 g/mol. The molecule has 20 heavy (non-hydrogen) atoms. The Labute approximate surface area is 117 Å². The van der Waals surface area contributed by atoms with Crippen molar-refractivity contribution in [3.8, 4) is 0 Å². The molecule has 1 unspecified atom stereocenters. The van der Waals surface area contributed by atoms with E-state index in [1.54, 1.807) is 6.92 Å². The second-order valence-electron chi connectivity index (χ2n) is 4.06. The molecule has 106 valence electrons. The Balaban J connectivity index is 2.36. The van der Waals surface area contributed by atoms with Gasteiger partial charge in [0.1, 0.15) is 17.0 Å². The van der Waals surface area contributed by atoms with Gasteiger partial charge in [-0.2, -0.15) is 13.2 Å². The molecule has 8 heteroatoms. The van der Waals surface area contributed by atoms with Crippen molar-refractivity contribution >= 4 is 11.6 Å². The molecule has 0 aliphatic rings. The first-order valence-corrected chi connectivity index (χ1v) is 5.87. The summed E-state index contributed by atoms with van der Waals surface area (Å²) in [5, 5.41) is 9.63. The van der Waals surface area contributed by atoms with Crippen LogP contribution in [-0.2, 0) is 6.18 Å². The van der Waals surface area contributed by atoms with Gasteiger partial charge in [-0.3, -0.25) is 9.97 Å². The molecule has 2 heterocycles. The first kappa shape index (κ1) is 14.7. The zero-order chi connectivity index (χ0) is 14.9. The van der Waals surface area contributed by atoms with Gasteiger partial charge in [0.05, 0.1) is 17.6 Å². The Hall–Kier alpha value is -1.73. The summed E-state index contributed by atoms with van der Waals surface area (Å²) in [5.74, 6) is 0. The number of rotatable bonds is 2. The number of aromatic nitrogens is 3. The topological polar surface area (TPSA) is 58.9 Å². The largest absolute Gasteiger partial charge is 0.433 e. The summed E-state index contributed by atoms with van der Waals surface area (Å²) in [4.78, 5) is 11.1. The average Bonchev–Trinajstić information content (AvgIpc) is 2.37. The lowest BCUT2D eigenvalue weighted by molar-refractivity contribution is -0.141. The normalized spacial score (nSPS) is 13.3. The van der Waals surface area contributed by atoms with Crippen LogP contribution in [0.2, 0.25) is 5.15 Å². The summed E-state index contributed by atoms with van der Waals surface area (Å²) < 4.78 is 37.4. The van der Waals surface area contributed by atoms with Crippen LogP contribution in [-0.4, -0.2) is 20.1 Å². The van der Waals surface area contributed by atoms with Crippen LogP contribution in [0.15, 0.2) is 24.5 Å². The molecule has 0 radical (unpaired) electrons. The zero-order valence-electron chi connectivity index (χ0n) is 10.2. The van der Waals surface area contributed by atoms with Crippen molar-refractivity contribution in [2.75, 3.05) is 0 Å². The quantitative estimate of drug-likeness (QED) is 0.867. The van der Waals surface area contributed by atoms with Gasteiger partial charge in [-0.05, 0) is 13.0 Å². The van der Waals surface area contributed by atoms with E-state index in [4.69, 9.17) is 11.6 Å². The van der Waals surface area contributed by atoms with Crippen LogP contribution in [0.25, 0.3) is 0 Å². The molecule has 1 atom stereocenters. The molecule has 0 saturated carbocycles. The van der Waals surface area contributed by atoms with Gasteiger partial charge < -0.3 is 5.11 Å². The van der Waals surface area contributed by atoms with E-state index in [0.717, 1.165) is 12.1 Å². The van der Waals surface area contributed by atoms with Crippen LogP contribution < -0.4 is 0 Å². The maximum atomic E-state index is 12.5. The zero-order valence-corrected chi connectivity index (χ0v) is 10.9. The van der Waals surface area contributed by atoms with Crippen LogP contribution >= 0.6 is 11.6 Å². The summed E-state index contributed by atoms with van der Waals surface area (Å²) >= 11 is 5.69. The number of halogens is 4. The molecule has 2 aromatic rings. The minimum absolute atomic E-state index is 0.0396. The molecule has 4 nitrogen and oxygen atoms in total. The van der Waals surface area contributed by atoms with E-state index in [1.807, 2.05) is 0 Å². The SMILES string of the molecule is Cc1cnc(C(O)c2ccc(C(F)(F)F)nc2Cl)cn1. The molecule has 1 N–H and O–H groups in total. The maximum absolute atomic E-state index is 12.5. The fourth-order valence-corrected chi connectivity index (χ4v) is 1.77. The minimum Gasteiger partial charge on any atom is -0.382 e. The van der Waals surface area contributed by atoms with Crippen molar-refractivity contribution in [3.63, 3.8) is 0 Å². The van der Waals surface area contributed by atoms with E-state index in [2.05, 4.69) is 15.0 Å². The summed E-state index contributed by atoms with van der Waals surface area (Å²) in [5.41, 5.74) is -0.247. The highest BCUT2D eigenvalue weighted by molar-refractivity contribution is 6.30. The third kappa shape index (κ3) is 3.05. The van der Waals surface area contributed by atoms with Crippen LogP contribution in [0.3, 0.4) is 0 Å². The molecule has 0 saturated heterocycles. The lowest BCUT2D eigenvalue weighted by atomic mass is 10.1. The molecule has 2 aromatic heterocycles. The fourth-order valence-electron chi connectivity index (χ4n) is 1.51. The Morgan fingerprint density at radius 3 is 2.40 bits per heavy atom. The lowest BCUT2D eigenvalue weighted by Crippen LogP contribution is -2.11. The highest BCUT2D eigenvalue weighted by Crippen LogP contribution is 2.32. The van der Waals surface area contributed by atoms with Crippen molar-refractivity contribution in [1.82, 2.24) is 15.0 Å². The van der Waals surface area contributed by atoms with Gasteiger partial charge in [0.15, 0.2) is 0 Å². The molecule has 0 amide bonds. The molecule has 0 bridgehead atoms.